The molecule has 0 saturated carbocycles. The van der Waals surface area contributed by atoms with Crippen LogP contribution in [0, 0.1) is 0 Å². The lowest BCUT2D eigenvalue weighted by Gasteiger charge is -2.34. The van der Waals surface area contributed by atoms with E-state index in [9.17, 15) is 25.2 Å². The van der Waals surface area contributed by atoms with Crippen LogP contribution in [-0.4, -0.2) is 60.9 Å². The van der Waals surface area contributed by atoms with Crippen LogP contribution < -0.4 is 23.7 Å². The SMILES string of the molecule is COc1cc(O)c2c(c1)OC(c1cc(OC)c(OC)c(OC)c1)C(OC(=O)c1cc(O)c(O)c(O)c1)C2. The van der Waals surface area contributed by atoms with Crippen LogP contribution in [0.1, 0.15) is 27.6 Å². The minimum atomic E-state index is -0.986. The Labute approximate surface area is 211 Å². The Balaban J connectivity index is 1.79. The molecule has 0 saturated heterocycles. The van der Waals surface area contributed by atoms with Gasteiger partial charge in [0.2, 0.25) is 5.75 Å². The molecule has 0 aromatic heterocycles. The van der Waals surface area contributed by atoms with Gasteiger partial charge in [0.1, 0.15) is 23.4 Å². The maximum atomic E-state index is 13.0. The fourth-order valence-corrected chi connectivity index (χ4v) is 4.13. The Morgan fingerprint density at radius 1 is 0.811 bits per heavy atom. The number of esters is 1. The smallest absolute Gasteiger partial charge is 0.338 e. The van der Waals surface area contributed by atoms with E-state index in [1.54, 1.807) is 18.2 Å². The number of aromatic hydroxyl groups is 4. The third-order valence-corrected chi connectivity index (χ3v) is 5.97. The zero-order valence-corrected chi connectivity index (χ0v) is 20.5. The second-order valence-electron chi connectivity index (χ2n) is 8.13. The summed E-state index contributed by atoms with van der Waals surface area (Å²) in [6, 6.07) is 8.24. The van der Waals surface area contributed by atoms with Crippen LogP contribution >= 0.6 is 0 Å². The molecule has 37 heavy (non-hydrogen) atoms. The molecule has 0 amide bonds. The number of fused-ring (bicyclic) bond motifs is 1. The van der Waals surface area contributed by atoms with Crippen molar-refractivity contribution < 1.29 is 53.6 Å². The fraction of sp³-hybridized carbons (Fsp3) is 0.269. The highest BCUT2D eigenvalue weighted by Crippen LogP contribution is 2.46. The minimum Gasteiger partial charge on any atom is -0.507 e. The molecule has 0 radical (unpaired) electrons. The van der Waals surface area contributed by atoms with Crippen molar-refractivity contribution in [3.8, 4) is 51.7 Å². The molecule has 2 atom stereocenters. The number of ether oxygens (including phenoxy) is 6. The molecule has 0 bridgehead atoms. The monoisotopic (exact) mass is 514 g/mol. The van der Waals surface area contributed by atoms with Gasteiger partial charge in [-0.2, -0.15) is 0 Å². The van der Waals surface area contributed by atoms with Gasteiger partial charge in [-0.3, -0.25) is 0 Å². The highest BCUT2D eigenvalue weighted by Gasteiger charge is 2.37. The Hall–Kier alpha value is -4.67. The number of methoxy groups -OCH3 is 4. The third kappa shape index (κ3) is 4.75. The van der Waals surface area contributed by atoms with Crippen LogP contribution in [0.5, 0.6) is 51.7 Å². The molecule has 0 spiro atoms. The molecule has 4 rings (SSSR count). The molecule has 1 aliphatic heterocycles. The fourth-order valence-electron chi connectivity index (χ4n) is 4.13. The molecular weight excluding hydrogens is 488 g/mol. The molecule has 1 heterocycles. The Bertz CT molecular complexity index is 1290. The summed E-state index contributed by atoms with van der Waals surface area (Å²) >= 11 is 0. The van der Waals surface area contributed by atoms with Crippen molar-refractivity contribution in [3.63, 3.8) is 0 Å². The average Bonchev–Trinajstić information content (AvgIpc) is 2.90. The predicted molar refractivity (Wildman–Crippen MR) is 128 cm³/mol. The average molecular weight is 514 g/mol. The first-order valence-corrected chi connectivity index (χ1v) is 11.0. The van der Waals surface area contributed by atoms with Crippen LogP contribution in [0.15, 0.2) is 36.4 Å². The molecule has 4 N–H and O–H groups in total. The van der Waals surface area contributed by atoms with E-state index in [1.165, 1.54) is 34.5 Å². The number of benzene rings is 3. The van der Waals surface area contributed by atoms with Crippen LogP contribution in [0.4, 0.5) is 0 Å². The molecule has 0 fully saturated rings. The summed E-state index contributed by atoms with van der Waals surface area (Å²) in [5, 5.41) is 39.8. The summed E-state index contributed by atoms with van der Waals surface area (Å²) in [5.74, 6) is -1.43. The van der Waals surface area contributed by atoms with Gasteiger partial charge in [0.25, 0.3) is 0 Å². The van der Waals surface area contributed by atoms with Crippen molar-refractivity contribution in [1.82, 2.24) is 0 Å². The number of phenols is 4. The first-order valence-electron chi connectivity index (χ1n) is 11.0. The topological polar surface area (TPSA) is 153 Å². The van der Waals surface area contributed by atoms with E-state index in [0.717, 1.165) is 12.1 Å². The summed E-state index contributed by atoms with van der Waals surface area (Å²) in [7, 11) is 5.84. The Morgan fingerprint density at radius 2 is 1.43 bits per heavy atom. The number of hydrogen-bond donors (Lipinski definition) is 4. The minimum absolute atomic E-state index is 0.0499. The van der Waals surface area contributed by atoms with E-state index in [1.807, 2.05) is 0 Å². The van der Waals surface area contributed by atoms with E-state index in [0.29, 0.717) is 39.9 Å². The quantitative estimate of drug-likeness (QED) is 0.271. The van der Waals surface area contributed by atoms with Gasteiger partial charge in [-0.05, 0) is 24.3 Å². The van der Waals surface area contributed by atoms with Crippen LogP contribution in [-0.2, 0) is 11.2 Å². The largest absolute Gasteiger partial charge is 0.507 e. The zero-order valence-electron chi connectivity index (χ0n) is 20.5. The third-order valence-electron chi connectivity index (χ3n) is 5.97. The maximum Gasteiger partial charge on any atom is 0.338 e. The standard InChI is InChI=1S/C26H26O11/c1-32-14-9-16(27)15-11-22(37-26(31)13-5-17(28)23(30)18(29)6-13)24(36-19(15)10-14)12-7-20(33-2)25(35-4)21(8-12)34-3/h5-10,22,24,27-30H,11H2,1-4H3. The second-order valence-corrected chi connectivity index (χ2v) is 8.13. The van der Waals surface area contributed by atoms with Gasteiger partial charge in [0.05, 0.1) is 34.0 Å². The first kappa shape index (κ1) is 25.4. The van der Waals surface area contributed by atoms with Gasteiger partial charge < -0.3 is 48.8 Å². The maximum absolute atomic E-state index is 13.0. The molecule has 1 aliphatic rings. The van der Waals surface area contributed by atoms with Gasteiger partial charge in [-0.1, -0.05) is 0 Å². The number of rotatable bonds is 7. The van der Waals surface area contributed by atoms with Crippen molar-refractivity contribution in [1.29, 1.82) is 0 Å². The van der Waals surface area contributed by atoms with Crippen molar-refractivity contribution >= 4 is 5.97 Å². The van der Waals surface area contributed by atoms with Crippen molar-refractivity contribution in [2.75, 3.05) is 28.4 Å². The number of phenolic OH excluding ortho intramolecular Hbond substituents is 4. The molecule has 3 aromatic carbocycles. The molecule has 3 aromatic rings. The van der Waals surface area contributed by atoms with Crippen molar-refractivity contribution in [2.45, 2.75) is 18.6 Å². The predicted octanol–water partition coefficient (Wildman–Crippen LogP) is 3.45. The van der Waals surface area contributed by atoms with Gasteiger partial charge in [0.15, 0.2) is 34.9 Å². The Morgan fingerprint density at radius 3 is 1.97 bits per heavy atom. The van der Waals surface area contributed by atoms with Crippen LogP contribution in [0.3, 0.4) is 0 Å². The lowest BCUT2D eigenvalue weighted by Crippen LogP contribution is -2.35. The highest BCUT2D eigenvalue weighted by atomic mass is 16.6. The van der Waals surface area contributed by atoms with E-state index >= 15 is 0 Å². The highest BCUT2D eigenvalue weighted by molar-refractivity contribution is 5.91. The van der Waals surface area contributed by atoms with Gasteiger partial charge in [-0.15, -0.1) is 0 Å². The molecule has 11 heteroatoms. The molecule has 2 unspecified atom stereocenters. The molecule has 196 valence electrons. The normalized spacial score (nSPS) is 16.2. The molecule has 0 aliphatic carbocycles. The summed E-state index contributed by atoms with van der Waals surface area (Å²) in [5.41, 5.74) is 0.691. The molecule has 11 nitrogen and oxygen atoms in total. The van der Waals surface area contributed by atoms with E-state index in [-0.39, 0.29) is 17.7 Å². The van der Waals surface area contributed by atoms with Crippen molar-refractivity contribution in [3.05, 3.63) is 53.1 Å². The van der Waals surface area contributed by atoms with E-state index in [4.69, 9.17) is 28.4 Å². The van der Waals surface area contributed by atoms with Crippen molar-refractivity contribution in [2.24, 2.45) is 0 Å². The number of carbonyl (C=O) groups is 1. The lowest BCUT2D eigenvalue weighted by atomic mass is 9.93. The summed E-state index contributed by atoms with van der Waals surface area (Å²) in [4.78, 5) is 13.0. The second kappa shape index (κ2) is 10.1. The molecular formula is C26H26O11. The Kier molecular flexibility index (Phi) is 6.96. The van der Waals surface area contributed by atoms with Gasteiger partial charge in [0, 0.05) is 29.7 Å². The lowest BCUT2D eigenvalue weighted by molar-refractivity contribution is -0.0189. The number of hydrogen-bond acceptors (Lipinski definition) is 11. The summed E-state index contributed by atoms with van der Waals surface area (Å²) in [6.07, 6.45) is -1.84. The summed E-state index contributed by atoms with van der Waals surface area (Å²) in [6.45, 7) is 0. The van der Waals surface area contributed by atoms with Gasteiger partial charge >= 0.3 is 5.97 Å². The summed E-state index contributed by atoms with van der Waals surface area (Å²) < 4.78 is 33.5. The van der Waals surface area contributed by atoms with E-state index in [2.05, 4.69) is 0 Å². The van der Waals surface area contributed by atoms with E-state index < -0.39 is 35.4 Å². The first-order chi connectivity index (χ1) is 17.7. The number of carbonyl (C=O) groups excluding carboxylic acids is 1. The van der Waals surface area contributed by atoms with Crippen LogP contribution in [0.2, 0.25) is 0 Å². The van der Waals surface area contributed by atoms with Gasteiger partial charge in [-0.25, -0.2) is 4.79 Å². The van der Waals surface area contributed by atoms with Crippen LogP contribution in [0.25, 0.3) is 0 Å². The zero-order chi connectivity index (χ0) is 26.9.